The summed E-state index contributed by atoms with van der Waals surface area (Å²) in [5, 5.41) is 3.64. The zero-order valence-electron chi connectivity index (χ0n) is 15.6. The van der Waals surface area contributed by atoms with Crippen LogP contribution in [0, 0.1) is 12.8 Å². The number of imide groups is 1. The van der Waals surface area contributed by atoms with Gasteiger partial charge in [0.15, 0.2) is 12.3 Å². The molecule has 3 rings (SSSR count). The number of nitrogens with zero attached hydrogens (tertiary/aromatic N) is 1. The van der Waals surface area contributed by atoms with Crippen molar-refractivity contribution >= 4 is 17.8 Å². The Morgan fingerprint density at radius 3 is 2.69 bits per heavy atom. The Morgan fingerprint density at radius 2 is 2.08 bits per heavy atom. The lowest BCUT2D eigenvalue weighted by Gasteiger charge is -2.33. The van der Waals surface area contributed by atoms with Crippen LogP contribution >= 0.6 is 0 Å². The number of quaternary nitrogens is 1. The lowest BCUT2D eigenvalue weighted by Crippen LogP contribution is -3.09. The summed E-state index contributed by atoms with van der Waals surface area (Å²) in [7, 11) is 1.85. The topological polar surface area (TPSA) is 96.1 Å². The molecule has 26 heavy (non-hydrogen) atoms. The fraction of sp³-hybridized carbons (Fsp3) is 0.611. The second-order valence-corrected chi connectivity index (χ2v) is 7.69. The highest BCUT2D eigenvalue weighted by Gasteiger charge is 2.52. The molecule has 1 spiro atoms. The summed E-state index contributed by atoms with van der Waals surface area (Å²) in [5.74, 6) is 1.44. The summed E-state index contributed by atoms with van der Waals surface area (Å²) in [6.45, 7) is 4.68. The number of furan rings is 1. The molecule has 0 aromatic carbocycles. The number of amides is 4. The van der Waals surface area contributed by atoms with Crippen LogP contribution in [0.15, 0.2) is 16.5 Å². The van der Waals surface area contributed by atoms with Gasteiger partial charge in [-0.3, -0.25) is 15.0 Å². The molecule has 2 aliphatic rings. The third-order valence-corrected chi connectivity index (χ3v) is 5.26. The number of carbonyl (C=O) groups is 3. The lowest BCUT2D eigenvalue weighted by molar-refractivity contribution is -0.886. The molecule has 142 valence electrons. The first-order valence-corrected chi connectivity index (χ1v) is 9.12. The number of rotatable bonds is 5. The number of aryl methyl sites for hydroxylation is 1. The van der Waals surface area contributed by atoms with Gasteiger partial charge >= 0.3 is 6.03 Å². The van der Waals surface area contributed by atoms with E-state index in [1.54, 1.807) is 0 Å². The number of carbonyl (C=O) groups excluding carboxylic acids is 3. The third-order valence-electron chi connectivity index (χ3n) is 5.26. The molecule has 8 heteroatoms. The van der Waals surface area contributed by atoms with Crippen molar-refractivity contribution in [3.05, 3.63) is 23.7 Å². The maximum atomic E-state index is 12.7. The molecule has 1 aliphatic heterocycles. The van der Waals surface area contributed by atoms with Crippen LogP contribution in [0.5, 0.6) is 0 Å². The molecular weight excluding hydrogens is 336 g/mol. The van der Waals surface area contributed by atoms with Crippen molar-refractivity contribution in [1.82, 2.24) is 15.8 Å². The van der Waals surface area contributed by atoms with Gasteiger partial charge in [0, 0.05) is 0 Å². The highest BCUT2D eigenvalue weighted by molar-refractivity contribution is 6.08. The first-order valence-electron chi connectivity index (χ1n) is 9.12. The highest BCUT2D eigenvalue weighted by Crippen LogP contribution is 2.35. The van der Waals surface area contributed by atoms with Crippen LogP contribution in [0.25, 0.3) is 0 Å². The van der Waals surface area contributed by atoms with Crippen molar-refractivity contribution in [2.45, 2.75) is 51.6 Å². The van der Waals surface area contributed by atoms with Crippen molar-refractivity contribution < 1.29 is 23.7 Å². The summed E-state index contributed by atoms with van der Waals surface area (Å²) in [6, 6.07) is 3.21. The maximum absolute atomic E-state index is 12.7. The summed E-state index contributed by atoms with van der Waals surface area (Å²) < 4.78 is 5.51. The van der Waals surface area contributed by atoms with Crippen molar-refractivity contribution in [2.75, 3.05) is 13.6 Å². The van der Waals surface area contributed by atoms with Gasteiger partial charge in [-0.15, -0.1) is 0 Å². The number of likely N-dealkylation sites (N-methyl/N-ethyl adjacent to an activating group) is 1. The van der Waals surface area contributed by atoms with Crippen LogP contribution in [0.1, 0.15) is 44.1 Å². The van der Waals surface area contributed by atoms with E-state index in [4.69, 9.17) is 4.42 Å². The van der Waals surface area contributed by atoms with E-state index in [9.17, 15) is 14.4 Å². The Kier molecular flexibility index (Phi) is 5.04. The molecule has 0 bridgehead atoms. The van der Waals surface area contributed by atoms with E-state index in [0.29, 0.717) is 25.3 Å². The highest BCUT2D eigenvalue weighted by atomic mass is 16.3. The average molecular weight is 363 g/mol. The fourth-order valence-electron chi connectivity index (χ4n) is 3.69. The number of hydrazine groups is 1. The van der Waals surface area contributed by atoms with E-state index in [0.717, 1.165) is 34.3 Å². The van der Waals surface area contributed by atoms with Crippen LogP contribution in [0.2, 0.25) is 0 Å². The average Bonchev–Trinajstić information content (AvgIpc) is 3.07. The molecular formula is C18H27N4O4+. The largest absolute Gasteiger partial charge is 0.460 e. The van der Waals surface area contributed by atoms with E-state index >= 15 is 0 Å². The predicted octanol–water partition coefficient (Wildman–Crippen LogP) is 0.135. The molecule has 2 fully saturated rings. The van der Waals surface area contributed by atoms with Gasteiger partial charge < -0.3 is 14.6 Å². The van der Waals surface area contributed by atoms with E-state index in [-0.39, 0.29) is 18.4 Å². The van der Waals surface area contributed by atoms with E-state index in [1.807, 2.05) is 26.1 Å². The zero-order valence-corrected chi connectivity index (χ0v) is 15.6. The monoisotopic (exact) mass is 363 g/mol. The quantitative estimate of drug-likeness (QED) is 0.648. The molecule has 1 aromatic heterocycles. The molecule has 3 N–H and O–H groups in total. The number of urea groups is 1. The smallest absolute Gasteiger partial charge is 0.344 e. The minimum atomic E-state index is -0.846. The molecule has 8 nitrogen and oxygen atoms in total. The van der Waals surface area contributed by atoms with E-state index in [2.05, 4.69) is 17.7 Å². The Labute approximate surface area is 152 Å². The summed E-state index contributed by atoms with van der Waals surface area (Å²) in [4.78, 5) is 38.1. The summed E-state index contributed by atoms with van der Waals surface area (Å²) >= 11 is 0. The first-order chi connectivity index (χ1) is 12.3. The minimum absolute atomic E-state index is 0.126. The van der Waals surface area contributed by atoms with E-state index < -0.39 is 11.6 Å². The van der Waals surface area contributed by atoms with Crippen molar-refractivity contribution in [3.8, 4) is 0 Å². The van der Waals surface area contributed by atoms with Gasteiger partial charge in [-0.05, 0) is 50.7 Å². The van der Waals surface area contributed by atoms with Gasteiger partial charge in [0.25, 0.3) is 11.8 Å². The summed E-state index contributed by atoms with van der Waals surface area (Å²) in [5.41, 5.74) is 1.62. The van der Waals surface area contributed by atoms with Crippen LogP contribution in [0.4, 0.5) is 4.79 Å². The van der Waals surface area contributed by atoms with Gasteiger partial charge in [-0.1, -0.05) is 6.92 Å². The molecule has 1 unspecified atom stereocenters. The van der Waals surface area contributed by atoms with Gasteiger partial charge in [-0.2, -0.15) is 5.01 Å². The van der Waals surface area contributed by atoms with Gasteiger partial charge in [0.05, 0.1) is 7.05 Å². The molecule has 4 amide bonds. The van der Waals surface area contributed by atoms with Crippen LogP contribution in [-0.4, -0.2) is 42.0 Å². The standard InChI is InChI=1S/C18H26N4O4/c1-12-6-8-18(9-7-12)16(24)22(17(25)19-18)20-15(23)11-21(3)10-14-5-4-13(2)26-14/h4-5,12H,6-11H2,1-3H3,(H,19,25)(H,20,23)/p+1. The molecule has 2 heterocycles. The molecule has 0 radical (unpaired) electrons. The summed E-state index contributed by atoms with van der Waals surface area (Å²) in [6.07, 6.45) is 3.02. The second-order valence-electron chi connectivity index (χ2n) is 7.69. The van der Waals surface area contributed by atoms with Gasteiger partial charge in [0.1, 0.15) is 17.8 Å². The third kappa shape index (κ3) is 3.75. The Hall–Kier alpha value is -2.35. The number of hydrogen-bond acceptors (Lipinski definition) is 4. The molecule has 1 atom stereocenters. The molecule has 1 saturated heterocycles. The number of nitrogens with one attached hydrogen (secondary N) is 3. The van der Waals surface area contributed by atoms with Crippen molar-refractivity contribution in [3.63, 3.8) is 0 Å². The predicted molar refractivity (Wildman–Crippen MR) is 92.8 cm³/mol. The molecule has 1 aliphatic carbocycles. The van der Waals surface area contributed by atoms with Crippen LogP contribution in [-0.2, 0) is 16.1 Å². The molecule has 1 aromatic rings. The Balaban J connectivity index is 1.55. The van der Waals surface area contributed by atoms with Crippen LogP contribution < -0.4 is 15.6 Å². The van der Waals surface area contributed by atoms with Crippen LogP contribution in [0.3, 0.4) is 0 Å². The number of hydrogen-bond donors (Lipinski definition) is 3. The zero-order chi connectivity index (χ0) is 18.9. The van der Waals surface area contributed by atoms with Crippen molar-refractivity contribution in [1.29, 1.82) is 0 Å². The fourth-order valence-corrected chi connectivity index (χ4v) is 3.69. The second kappa shape index (κ2) is 7.11. The maximum Gasteiger partial charge on any atom is 0.344 e. The Bertz CT molecular complexity index is 706. The van der Waals surface area contributed by atoms with Gasteiger partial charge in [0.2, 0.25) is 0 Å². The normalized spacial score (nSPS) is 26.9. The molecule has 1 saturated carbocycles. The van der Waals surface area contributed by atoms with E-state index in [1.165, 1.54) is 0 Å². The van der Waals surface area contributed by atoms with Crippen molar-refractivity contribution in [2.24, 2.45) is 5.92 Å². The SMILES string of the molecule is Cc1ccc(C[NH+](C)CC(=O)NN2C(=O)NC3(CCC(C)CC3)C2=O)o1. The minimum Gasteiger partial charge on any atom is -0.460 e. The van der Waals surface area contributed by atoms with Gasteiger partial charge in [-0.25, -0.2) is 4.79 Å². The first kappa shape index (κ1) is 18.4. The Morgan fingerprint density at radius 1 is 1.38 bits per heavy atom. The lowest BCUT2D eigenvalue weighted by atomic mass is 9.77.